The summed E-state index contributed by atoms with van der Waals surface area (Å²) in [4.78, 5) is 11.3. The molecule has 0 saturated heterocycles. The molecule has 9 heteroatoms. The van der Waals surface area contributed by atoms with E-state index in [0.717, 1.165) is 36.0 Å². The molecule has 0 aromatic carbocycles. The minimum absolute atomic E-state index is 0.129. The van der Waals surface area contributed by atoms with Crippen molar-refractivity contribution in [2.24, 2.45) is 5.73 Å². The van der Waals surface area contributed by atoms with Crippen LogP contribution in [-0.2, 0) is 9.53 Å². The number of carbonyl (C=O) groups excluding carboxylic acids is 1. The zero-order valence-electron chi connectivity index (χ0n) is 14.3. The van der Waals surface area contributed by atoms with E-state index in [1.165, 1.54) is 0 Å². The molecule has 0 spiro atoms. The van der Waals surface area contributed by atoms with Gasteiger partial charge in [-0.1, -0.05) is 43.2 Å². The van der Waals surface area contributed by atoms with Gasteiger partial charge in [0.15, 0.2) is 0 Å². The number of aliphatic hydroxyl groups is 2. The molecule has 0 atom stereocenters. The van der Waals surface area contributed by atoms with Crippen LogP contribution < -0.4 is 5.73 Å². The van der Waals surface area contributed by atoms with Crippen molar-refractivity contribution in [2.45, 2.75) is 39.2 Å². The minimum atomic E-state index is -0.379. The maximum Gasteiger partial charge on any atom is 0.306 e. The van der Waals surface area contributed by atoms with E-state index < -0.39 is 0 Å². The average molecular weight is 406 g/mol. The summed E-state index contributed by atoms with van der Waals surface area (Å²) < 4.78 is 5.17. The molecule has 23 heavy (non-hydrogen) atoms. The fourth-order valence-electron chi connectivity index (χ4n) is 1.03. The third kappa shape index (κ3) is 27.9. The van der Waals surface area contributed by atoms with E-state index in [2.05, 4.69) is 0 Å². The van der Waals surface area contributed by atoms with Gasteiger partial charge in [0.2, 0.25) is 0 Å². The Morgan fingerprint density at radius 3 is 1.87 bits per heavy atom. The smallest absolute Gasteiger partial charge is 0.306 e. The van der Waals surface area contributed by atoms with E-state index in [1.807, 2.05) is 20.8 Å². The number of esters is 1. The Bertz CT molecular complexity index is 260. The molecule has 0 saturated carbocycles. The summed E-state index contributed by atoms with van der Waals surface area (Å²) in [5.41, 5.74) is 4.83. The summed E-state index contributed by atoms with van der Waals surface area (Å²) in [6.45, 7) is 6.82. The van der Waals surface area contributed by atoms with Crippen LogP contribution in [0.5, 0.6) is 0 Å². The number of hydrogen-bond donors (Lipinski definition) is 3. The molecule has 0 amide bonds. The molecule has 0 rings (SSSR count). The maximum absolute atomic E-state index is 11.3. The zero-order valence-corrected chi connectivity index (χ0v) is 17.6. The predicted molar refractivity (Wildman–Crippen MR) is 108 cm³/mol. The fourth-order valence-corrected chi connectivity index (χ4v) is 4.51. The molecule has 4 N–H and O–H groups in total. The van der Waals surface area contributed by atoms with Crippen molar-refractivity contribution < 1.29 is 19.7 Å². The Balaban J connectivity index is 0. The van der Waals surface area contributed by atoms with Gasteiger partial charge in [0.25, 0.3) is 0 Å². The topological polar surface area (TPSA) is 92.8 Å². The summed E-state index contributed by atoms with van der Waals surface area (Å²) in [5, 5.41) is 16.8. The van der Waals surface area contributed by atoms with Crippen LogP contribution in [0.15, 0.2) is 0 Å². The monoisotopic (exact) mass is 405 g/mol. The van der Waals surface area contributed by atoms with Crippen molar-refractivity contribution in [1.82, 2.24) is 0 Å². The van der Waals surface area contributed by atoms with Crippen LogP contribution >= 0.6 is 43.2 Å². The number of nitrogens with two attached hydrogens (primary N) is 1. The van der Waals surface area contributed by atoms with Crippen molar-refractivity contribution in [3.8, 4) is 0 Å². The van der Waals surface area contributed by atoms with Gasteiger partial charge >= 0.3 is 5.97 Å². The van der Waals surface area contributed by atoms with Crippen LogP contribution in [0.25, 0.3) is 0 Å². The second-order valence-electron chi connectivity index (χ2n) is 5.21. The van der Waals surface area contributed by atoms with Gasteiger partial charge in [-0.2, -0.15) is 0 Å². The van der Waals surface area contributed by atoms with E-state index in [4.69, 9.17) is 20.7 Å². The number of carbonyl (C=O) groups is 1. The van der Waals surface area contributed by atoms with Gasteiger partial charge in [-0.15, -0.1) is 0 Å². The first-order valence-electron chi connectivity index (χ1n) is 7.49. The Morgan fingerprint density at radius 1 is 0.957 bits per heavy atom. The molecular formula is C14H31NO4S4. The van der Waals surface area contributed by atoms with Crippen molar-refractivity contribution >= 4 is 49.1 Å². The molecule has 5 nitrogen and oxygen atoms in total. The summed E-state index contributed by atoms with van der Waals surface area (Å²) in [5.74, 6) is 3.33. The highest BCUT2D eigenvalue weighted by molar-refractivity contribution is 8.77. The van der Waals surface area contributed by atoms with Crippen LogP contribution in [0.2, 0.25) is 0 Å². The van der Waals surface area contributed by atoms with E-state index in [1.54, 1.807) is 43.2 Å². The van der Waals surface area contributed by atoms with E-state index in [9.17, 15) is 4.79 Å². The summed E-state index contributed by atoms with van der Waals surface area (Å²) in [7, 11) is 6.69. The van der Waals surface area contributed by atoms with Crippen LogP contribution in [-0.4, -0.2) is 64.6 Å². The Morgan fingerprint density at radius 2 is 1.43 bits per heavy atom. The van der Waals surface area contributed by atoms with Gasteiger partial charge in [0, 0.05) is 36.0 Å². The van der Waals surface area contributed by atoms with Gasteiger partial charge in [-0.25, -0.2) is 0 Å². The fraction of sp³-hybridized carbons (Fsp3) is 0.929. The van der Waals surface area contributed by atoms with Gasteiger partial charge in [0.05, 0.1) is 13.2 Å². The molecule has 0 aliphatic rings. The van der Waals surface area contributed by atoms with Crippen LogP contribution in [0.4, 0.5) is 0 Å². The second-order valence-corrected chi connectivity index (χ2v) is 10.6. The highest BCUT2D eigenvalue weighted by Crippen LogP contribution is 2.22. The SMILES string of the molecule is CC(C)(C)OC(=O)CCCSSCCO.NCCSSCCO. The third-order valence-corrected chi connectivity index (χ3v) is 6.64. The third-order valence-electron chi connectivity index (χ3n) is 1.75. The number of hydrogen-bond acceptors (Lipinski definition) is 9. The predicted octanol–water partition coefficient (Wildman–Crippen LogP) is 2.80. The van der Waals surface area contributed by atoms with Crippen LogP contribution in [0.1, 0.15) is 33.6 Å². The lowest BCUT2D eigenvalue weighted by molar-refractivity contribution is -0.154. The van der Waals surface area contributed by atoms with Gasteiger partial charge in [-0.05, 0) is 27.2 Å². The van der Waals surface area contributed by atoms with E-state index in [-0.39, 0.29) is 24.8 Å². The first-order valence-corrected chi connectivity index (χ1v) is 12.5. The normalized spacial score (nSPS) is 10.9. The first kappa shape index (κ1) is 26.0. The summed E-state index contributed by atoms with van der Waals surface area (Å²) in [6, 6.07) is 0. The molecule has 0 heterocycles. The van der Waals surface area contributed by atoms with Crippen molar-refractivity contribution in [3.63, 3.8) is 0 Å². The molecule has 0 aromatic rings. The number of aliphatic hydroxyl groups excluding tert-OH is 2. The molecule has 0 aliphatic heterocycles. The van der Waals surface area contributed by atoms with Gasteiger partial charge < -0.3 is 20.7 Å². The Kier molecular flexibility index (Phi) is 21.6. The van der Waals surface area contributed by atoms with Crippen molar-refractivity contribution in [2.75, 3.05) is 42.8 Å². The molecule has 0 fully saturated rings. The van der Waals surface area contributed by atoms with Crippen molar-refractivity contribution in [3.05, 3.63) is 0 Å². The molecule has 0 unspecified atom stereocenters. The van der Waals surface area contributed by atoms with E-state index >= 15 is 0 Å². The Labute approximate surface area is 156 Å². The Hall–Kier alpha value is 0.750. The van der Waals surface area contributed by atoms with Crippen LogP contribution in [0.3, 0.4) is 0 Å². The quantitative estimate of drug-likeness (QED) is 0.257. The molecule has 0 aromatic heterocycles. The number of ether oxygens (including phenoxy) is 1. The van der Waals surface area contributed by atoms with Gasteiger partial charge in [0.1, 0.15) is 5.60 Å². The molecule has 0 aliphatic carbocycles. The summed E-state index contributed by atoms with van der Waals surface area (Å²) in [6.07, 6.45) is 1.31. The lowest BCUT2D eigenvalue weighted by atomic mass is 10.2. The largest absolute Gasteiger partial charge is 0.460 e. The molecule has 140 valence electrons. The molecular weight excluding hydrogens is 374 g/mol. The van der Waals surface area contributed by atoms with Gasteiger partial charge in [-0.3, -0.25) is 4.79 Å². The first-order chi connectivity index (χ1) is 10.9. The highest BCUT2D eigenvalue weighted by atomic mass is 33.1. The molecule has 0 radical (unpaired) electrons. The zero-order chi connectivity index (χ0) is 18.0. The van der Waals surface area contributed by atoms with Crippen LogP contribution in [0, 0.1) is 0 Å². The maximum atomic E-state index is 11.3. The van der Waals surface area contributed by atoms with E-state index in [0.29, 0.717) is 6.42 Å². The van der Waals surface area contributed by atoms with Crippen molar-refractivity contribution in [1.29, 1.82) is 0 Å². The lowest BCUT2D eigenvalue weighted by Gasteiger charge is -2.19. The summed E-state index contributed by atoms with van der Waals surface area (Å²) >= 11 is 0. The second kappa shape index (κ2) is 19.1. The molecule has 0 bridgehead atoms. The average Bonchev–Trinajstić information content (AvgIpc) is 2.46. The number of rotatable bonds is 12. The standard InChI is InChI=1S/C10H20O3S2.C4H11NOS2/c1-10(2,3)13-9(12)5-4-7-14-15-8-6-11;5-1-3-7-8-4-2-6/h11H,4-8H2,1-3H3;6H,1-5H2. The minimum Gasteiger partial charge on any atom is -0.460 e. The lowest BCUT2D eigenvalue weighted by Crippen LogP contribution is -2.23. The highest BCUT2D eigenvalue weighted by Gasteiger charge is 2.15.